The van der Waals surface area contributed by atoms with Crippen molar-refractivity contribution in [2.24, 2.45) is 0 Å². The molecular formula is C11H15NO3S. The molecule has 0 unspecified atom stereocenters. The van der Waals surface area contributed by atoms with Gasteiger partial charge in [0.25, 0.3) is 5.91 Å². The molecule has 0 aliphatic heterocycles. The fourth-order valence-corrected chi connectivity index (χ4v) is 1.80. The molecule has 0 spiro atoms. The number of amides is 1. The maximum absolute atomic E-state index is 11.5. The first-order valence-corrected chi connectivity index (χ1v) is 6.09. The molecule has 88 valence electrons. The smallest absolute Gasteiger partial charge is 0.305 e. The van der Waals surface area contributed by atoms with Crippen molar-refractivity contribution in [1.82, 2.24) is 5.32 Å². The Labute approximate surface area is 98.6 Å². The zero-order chi connectivity index (χ0) is 11.8. The maximum atomic E-state index is 11.5. The molecule has 0 aromatic carbocycles. The van der Waals surface area contributed by atoms with Gasteiger partial charge in [0, 0.05) is 13.0 Å². The van der Waals surface area contributed by atoms with E-state index in [1.165, 1.54) is 11.3 Å². The Morgan fingerprint density at radius 2 is 2.31 bits per heavy atom. The average Bonchev–Trinajstić information content (AvgIpc) is 2.78. The lowest BCUT2D eigenvalue weighted by Crippen LogP contribution is -2.24. The highest BCUT2D eigenvalue weighted by atomic mass is 32.1. The van der Waals surface area contributed by atoms with E-state index in [1.54, 1.807) is 13.0 Å². The zero-order valence-corrected chi connectivity index (χ0v) is 10.0. The van der Waals surface area contributed by atoms with E-state index >= 15 is 0 Å². The van der Waals surface area contributed by atoms with E-state index in [1.807, 2.05) is 11.4 Å². The molecule has 0 aliphatic carbocycles. The average molecular weight is 241 g/mol. The number of thiophene rings is 1. The molecule has 0 atom stereocenters. The summed E-state index contributed by atoms with van der Waals surface area (Å²) in [5.74, 6) is -0.299. The minimum Gasteiger partial charge on any atom is -0.466 e. The van der Waals surface area contributed by atoms with Crippen molar-refractivity contribution in [1.29, 1.82) is 0 Å². The first-order chi connectivity index (χ1) is 7.74. The summed E-state index contributed by atoms with van der Waals surface area (Å²) < 4.78 is 4.77. The Balaban J connectivity index is 2.12. The van der Waals surface area contributed by atoms with Crippen molar-refractivity contribution in [2.45, 2.75) is 19.8 Å². The predicted octanol–water partition coefficient (Wildman–Crippen LogP) is 1.82. The largest absolute Gasteiger partial charge is 0.466 e. The first-order valence-electron chi connectivity index (χ1n) is 5.21. The highest BCUT2D eigenvalue weighted by Gasteiger charge is 2.06. The van der Waals surface area contributed by atoms with Crippen LogP contribution in [0.1, 0.15) is 29.4 Å². The predicted molar refractivity (Wildman–Crippen MR) is 62.5 cm³/mol. The number of ether oxygens (including phenoxy) is 1. The summed E-state index contributed by atoms with van der Waals surface area (Å²) >= 11 is 1.40. The van der Waals surface area contributed by atoms with Gasteiger partial charge in [-0.3, -0.25) is 9.59 Å². The third kappa shape index (κ3) is 4.44. The van der Waals surface area contributed by atoms with Gasteiger partial charge < -0.3 is 10.1 Å². The highest BCUT2D eigenvalue weighted by Crippen LogP contribution is 2.07. The molecule has 0 radical (unpaired) electrons. The molecule has 1 N–H and O–H groups in total. The minimum absolute atomic E-state index is 0.0844. The SMILES string of the molecule is CCOC(=O)CCCNC(=O)c1cccs1. The molecule has 4 nitrogen and oxygen atoms in total. The number of esters is 1. The summed E-state index contributed by atoms with van der Waals surface area (Å²) in [6.45, 7) is 2.67. The fraction of sp³-hybridized carbons (Fsp3) is 0.455. The Morgan fingerprint density at radius 1 is 1.50 bits per heavy atom. The summed E-state index contributed by atoms with van der Waals surface area (Å²) in [5.41, 5.74) is 0. The number of rotatable bonds is 6. The summed E-state index contributed by atoms with van der Waals surface area (Å²) in [6.07, 6.45) is 0.953. The van der Waals surface area contributed by atoms with Crippen LogP contribution in [0.15, 0.2) is 17.5 Å². The lowest BCUT2D eigenvalue weighted by Gasteiger charge is -2.03. The van der Waals surface area contributed by atoms with Crippen LogP contribution in [0, 0.1) is 0 Å². The molecule has 5 heteroatoms. The number of hydrogen-bond acceptors (Lipinski definition) is 4. The molecule has 1 heterocycles. The van der Waals surface area contributed by atoms with Crippen molar-refractivity contribution in [3.63, 3.8) is 0 Å². The van der Waals surface area contributed by atoms with Crippen molar-refractivity contribution in [3.05, 3.63) is 22.4 Å². The van der Waals surface area contributed by atoms with Crippen LogP contribution in [0.5, 0.6) is 0 Å². The van der Waals surface area contributed by atoms with E-state index in [9.17, 15) is 9.59 Å². The lowest BCUT2D eigenvalue weighted by molar-refractivity contribution is -0.143. The molecule has 1 amide bonds. The van der Waals surface area contributed by atoms with Crippen LogP contribution in [0.2, 0.25) is 0 Å². The third-order valence-corrected chi connectivity index (χ3v) is 2.76. The number of hydrogen-bond donors (Lipinski definition) is 1. The van der Waals surface area contributed by atoms with Gasteiger partial charge in [0.2, 0.25) is 0 Å². The molecule has 0 bridgehead atoms. The van der Waals surface area contributed by atoms with Crippen LogP contribution >= 0.6 is 11.3 Å². The third-order valence-electron chi connectivity index (χ3n) is 1.89. The molecule has 1 aromatic rings. The topological polar surface area (TPSA) is 55.4 Å². The monoisotopic (exact) mass is 241 g/mol. The van der Waals surface area contributed by atoms with E-state index < -0.39 is 0 Å². The Bertz CT molecular complexity index is 335. The maximum Gasteiger partial charge on any atom is 0.305 e. The first kappa shape index (κ1) is 12.7. The molecule has 1 aromatic heterocycles. The second-order valence-corrected chi connectivity index (χ2v) is 4.09. The van der Waals surface area contributed by atoms with Crippen LogP contribution in [-0.2, 0) is 9.53 Å². The zero-order valence-electron chi connectivity index (χ0n) is 9.19. The normalized spacial score (nSPS) is 9.81. The summed E-state index contributed by atoms with van der Waals surface area (Å²) in [4.78, 5) is 23.1. The van der Waals surface area contributed by atoms with Crippen molar-refractivity contribution in [3.8, 4) is 0 Å². The Kier molecular flexibility index (Phi) is 5.56. The highest BCUT2D eigenvalue weighted by molar-refractivity contribution is 7.12. The van der Waals surface area contributed by atoms with E-state index in [4.69, 9.17) is 4.74 Å². The van der Waals surface area contributed by atoms with Gasteiger partial charge in [-0.25, -0.2) is 0 Å². The van der Waals surface area contributed by atoms with Gasteiger partial charge in [-0.15, -0.1) is 11.3 Å². The van der Waals surface area contributed by atoms with Gasteiger partial charge in [0.05, 0.1) is 11.5 Å². The molecule has 0 saturated heterocycles. The molecule has 0 aliphatic rings. The van der Waals surface area contributed by atoms with Gasteiger partial charge in [-0.1, -0.05) is 6.07 Å². The number of carbonyl (C=O) groups is 2. The number of nitrogens with one attached hydrogen (secondary N) is 1. The molecule has 16 heavy (non-hydrogen) atoms. The molecule has 0 saturated carbocycles. The van der Waals surface area contributed by atoms with E-state index in [0.29, 0.717) is 30.9 Å². The van der Waals surface area contributed by atoms with Gasteiger partial charge in [-0.2, -0.15) is 0 Å². The van der Waals surface area contributed by atoms with Gasteiger partial charge in [0.15, 0.2) is 0 Å². The molecule has 1 rings (SSSR count). The molecular weight excluding hydrogens is 226 g/mol. The molecule has 0 fully saturated rings. The van der Waals surface area contributed by atoms with E-state index in [2.05, 4.69) is 5.32 Å². The Hall–Kier alpha value is -1.36. The van der Waals surface area contributed by atoms with Crippen LogP contribution in [-0.4, -0.2) is 25.0 Å². The number of carbonyl (C=O) groups excluding carboxylic acids is 2. The van der Waals surface area contributed by atoms with Crippen LogP contribution in [0.25, 0.3) is 0 Å². The summed E-state index contributed by atoms with van der Waals surface area (Å²) in [6, 6.07) is 3.60. The van der Waals surface area contributed by atoms with E-state index in [0.717, 1.165) is 0 Å². The van der Waals surface area contributed by atoms with Crippen molar-refractivity contribution in [2.75, 3.05) is 13.2 Å². The quantitative estimate of drug-likeness (QED) is 0.610. The minimum atomic E-state index is -0.215. The van der Waals surface area contributed by atoms with Gasteiger partial charge in [-0.05, 0) is 24.8 Å². The van der Waals surface area contributed by atoms with Crippen molar-refractivity contribution >= 4 is 23.2 Å². The van der Waals surface area contributed by atoms with Gasteiger partial charge >= 0.3 is 5.97 Å². The second-order valence-electron chi connectivity index (χ2n) is 3.14. The van der Waals surface area contributed by atoms with Crippen LogP contribution in [0.4, 0.5) is 0 Å². The van der Waals surface area contributed by atoms with E-state index in [-0.39, 0.29) is 11.9 Å². The summed E-state index contributed by atoms with van der Waals surface area (Å²) in [7, 11) is 0. The van der Waals surface area contributed by atoms with Crippen LogP contribution in [0.3, 0.4) is 0 Å². The standard InChI is InChI=1S/C11H15NO3S/c1-2-15-10(13)6-3-7-12-11(14)9-5-4-8-16-9/h4-5,8H,2-3,6-7H2,1H3,(H,12,14). The second kappa shape index (κ2) is 7.00. The van der Waals surface area contributed by atoms with Crippen molar-refractivity contribution < 1.29 is 14.3 Å². The Morgan fingerprint density at radius 3 is 2.94 bits per heavy atom. The lowest BCUT2D eigenvalue weighted by atomic mass is 10.3. The summed E-state index contributed by atoms with van der Waals surface area (Å²) in [5, 5.41) is 4.60. The fourth-order valence-electron chi connectivity index (χ4n) is 1.16. The van der Waals surface area contributed by atoms with Gasteiger partial charge in [0.1, 0.15) is 0 Å². The van der Waals surface area contributed by atoms with Crippen LogP contribution < -0.4 is 5.32 Å².